The standard InChI is InChI=1S/C20H19IN4O4/c1-11-5-12(2)13(3)18(6-11)29-16-8-14(7-15(9-16)25(27)28)22-20(26)19-17(21)10-24(4)23-19/h5-10H,1-4H3,(H,22,26). The SMILES string of the molecule is Cc1cc(C)c(C)c(Oc2cc(NC(=O)c3nn(C)cc3I)cc([N+](=O)[O-])c2)c1. The molecule has 0 aliphatic carbocycles. The fraction of sp³-hybridized carbons (Fsp3) is 0.200. The van der Waals surface area contributed by atoms with Crippen molar-refractivity contribution in [2.24, 2.45) is 7.05 Å². The van der Waals surface area contributed by atoms with Gasteiger partial charge in [-0.25, -0.2) is 0 Å². The number of hydrogen-bond donors (Lipinski definition) is 1. The van der Waals surface area contributed by atoms with Crippen LogP contribution in [-0.2, 0) is 7.05 Å². The summed E-state index contributed by atoms with van der Waals surface area (Å²) in [6.45, 7) is 5.85. The predicted octanol–water partition coefficient (Wildman–Crippen LogP) is 4.90. The summed E-state index contributed by atoms with van der Waals surface area (Å²) < 4.78 is 8.15. The number of aromatic nitrogens is 2. The lowest BCUT2D eigenvalue weighted by molar-refractivity contribution is -0.384. The van der Waals surface area contributed by atoms with Crippen molar-refractivity contribution in [3.05, 3.63) is 72.6 Å². The molecular weight excluding hydrogens is 487 g/mol. The molecule has 0 spiro atoms. The number of hydrogen-bond acceptors (Lipinski definition) is 5. The first-order chi connectivity index (χ1) is 13.6. The van der Waals surface area contributed by atoms with Gasteiger partial charge < -0.3 is 10.1 Å². The summed E-state index contributed by atoms with van der Waals surface area (Å²) in [4.78, 5) is 23.4. The van der Waals surface area contributed by atoms with Gasteiger partial charge >= 0.3 is 0 Å². The minimum absolute atomic E-state index is 0.185. The molecule has 0 bridgehead atoms. The minimum Gasteiger partial charge on any atom is -0.457 e. The second-order valence-electron chi connectivity index (χ2n) is 6.73. The van der Waals surface area contributed by atoms with E-state index in [0.717, 1.165) is 16.7 Å². The van der Waals surface area contributed by atoms with Crippen LogP contribution in [0.1, 0.15) is 27.2 Å². The number of benzene rings is 2. The lowest BCUT2D eigenvalue weighted by Gasteiger charge is -2.13. The smallest absolute Gasteiger partial charge is 0.277 e. The average Bonchev–Trinajstić information content (AvgIpc) is 2.97. The zero-order chi connectivity index (χ0) is 21.3. The first kappa shape index (κ1) is 20.8. The Balaban J connectivity index is 1.95. The monoisotopic (exact) mass is 506 g/mol. The summed E-state index contributed by atoms with van der Waals surface area (Å²) >= 11 is 2.01. The number of nitrogens with zero attached hydrogens (tertiary/aromatic N) is 3. The van der Waals surface area contributed by atoms with Crippen molar-refractivity contribution in [2.75, 3.05) is 5.32 Å². The second-order valence-corrected chi connectivity index (χ2v) is 7.90. The zero-order valence-corrected chi connectivity index (χ0v) is 18.5. The molecule has 0 fully saturated rings. The van der Waals surface area contributed by atoms with Gasteiger partial charge in [0.1, 0.15) is 11.5 Å². The Morgan fingerprint density at radius 2 is 1.93 bits per heavy atom. The Morgan fingerprint density at radius 3 is 2.55 bits per heavy atom. The number of halogens is 1. The molecule has 3 aromatic rings. The van der Waals surface area contributed by atoms with Crippen LogP contribution >= 0.6 is 22.6 Å². The Kier molecular flexibility index (Phi) is 5.87. The lowest BCUT2D eigenvalue weighted by atomic mass is 10.1. The number of nitro groups is 1. The molecule has 3 rings (SSSR count). The van der Waals surface area contributed by atoms with E-state index in [1.54, 1.807) is 19.3 Å². The van der Waals surface area contributed by atoms with E-state index in [1.807, 2.05) is 55.5 Å². The number of carbonyl (C=O) groups is 1. The molecule has 8 nitrogen and oxygen atoms in total. The first-order valence-electron chi connectivity index (χ1n) is 8.69. The van der Waals surface area contributed by atoms with E-state index < -0.39 is 10.8 Å². The number of nitro benzene ring substituents is 1. The van der Waals surface area contributed by atoms with Crippen LogP contribution in [0.15, 0.2) is 36.5 Å². The Labute approximate surface area is 181 Å². The number of carbonyl (C=O) groups excluding carboxylic acids is 1. The van der Waals surface area contributed by atoms with Gasteiger partial charge in [-0.2, -0.15) is 5.10 Å². The van der Waals surface area contributed by atoms with Gasteiger partial charge in [-0.3, -0.25) is 19.6 Å². The minimum atomic E-state index is -0.526. The molecule has 0 saturated heterocycles. The highest BCUT2D eigenvalue weighted by atomic mass is 127. The quantitative estimate of drug-likeness (QED) is 0.302. The van der Waals surface area contributed by atoms with Gasteiger partial charge in [0.15, 0.2) is 5.69 Å². The van der Waals surface area contributed by atoms with Crippen molar-refractivity contribution in [3.8, 4) is 11.5 Å². The zero-order valence-electron chi connectivity index (χ0n) is 16.3. The summed E-state index contributed by atoms with van der Waals surface area (Å²) in [5, 5.41) is 18.2. The fourth-order valence-corrected chi connectivity index (χ4v) is 3.61. The van der Waals surface area contributed by atoms with E-state index >= 15 is 0 Å². The maximum absolute atomic E-state index is 12.5. The highest BCUT2D eigenvalue weighted by Gasteiger charge is 2.18. The van der Waals surface area contributed by atoms with Crippen LogP contribution < -0.4 is 10.1 Å². The molecule has 0 aliphatic rings. The summed E-state index contributed by atoms with van der Waals surface area (Å²) in [6.07, 6.45) is 1.71. The number of amides is 1. The molecule has 0 atom stereocenters. The van der Waals surface area contributed by atoms with Crippen LogP contribution in [0.4, 0.5) is 11.4 Å². The van der Waals surface area contributed by atoms with Crippen molar-refractivity contribution in [3.63, 3.8) is 0 Å². The summed E-state index contributed by atoms with van der Waals surface area (Å²) in [5.74, 6) is 0.418. The maximum Gasteiger partial charge on any atom is 0.277 e. The first-order valence-corrected chi connectivity index (χ1v) is 9.77. The number of rotatable bonds is 5. The second kappa shape index (κ2) is 8.19. The van der Waals surface area contributed by atoms with Gasteiger partial charge in [0.25, 0.3) is 11.6 Å². The fourth-order valence-electron chi connectivity index (χ4n) is 2.86. The van der Waals surface area contributed by atoms with Gasteiger partial charge in [-0.05, 0) is 66.1 Å². The van der Waals surface area contributed by atoms with Gasteiger partial charge in [-0.15, -0.1) is 0 Å². The molecule has 1 amide bonds. The number of aryl methyl sites for hydroxylation is 3. The number of ether oxygens (including phenoxy) is 1. The predicted molar refractivity (Wildman–Crippen MR) is 118 cm³/mol. The third-order valence-electron chi connectivity index (χ3n) is 4.35. The molecule has 150 valence electrons. The van der Waals surface area contributed by atoms with Gasteiger partial charge in [0, 0.05) is 25.4 Å². The molecule has 1 aromatic heterocycles. The summed E-state index contributed by atoms with van der Waals surface area (Å²) in [7, 11) is 1.71. The van der Waals surface area contributed by atoms with Crippen LogP contribution in [0.5, 0.6) is 11.5 Å². The van der Waals surface area contributed by atoms with E-state index in [0.29, 0.717) is 9.32 Å². The van der Waals surface area contributed by atoms with E-state index in [9.17, 15) is 14.9 Å². The maximum atomic E-state index is 12.5. The van der Waals surface area contributed by atoms with Crippen molar-refractivity contribution < 1.29 is 14.5 Å². The molecule has 0 saturated carbocycles. The molecule has 0 unspecified atom stereocenters. The molecule has 0 aliphatic heterocycles. The van der Waals surface area contributed by atoms with E-state index in [2.05, 4.69) is 10.4 Å². The number of anilines is 1. The van der Waals surface area contributed by atoms with Gasteiger partial charge in [-0.1, -0.05) is 6.07 Å². The molecule has 2 aromatic carbocycles. The van der Waals surface area contributed by atoms with Crippen LogP contribution in [0, 0.1) is 34.5 Å². The van der Waals surface area contributed by atoms with Crippen molar-refractivity contribution in [1.82, 2.24) is 9.78 Å². The van der Waals surface area contributed by atoms with E-state index in [4.69, 9.17) is 4.74 Å². The Bertz CT molecular complexity index is 1120. The molecule has 1 N–H and O–H groups in total. The van der Waals surface area contributed by atoms with Crippen molar-refractivity contribution in [2.45, 2.75) is 20.8 Å². The third-order valence-corrected chi connectivity index (χ3v) is 5.14. The Hall–Kier alpha value is -2.95. The van der Waals surface area contributed by atoms with Crippen LogP contribution in [-0.4, -0.2) is 20.6 Å². The van der Waals surface area contributed by atoms with Crippen LogP contribution in [0.2, 0.25) is 0 Å². The summed E-state index contributed by atoms with van der Waals surface area (Å²) in [6, 6.07) is 8.08. The lowest BCUT2D eigenvalue weighted by Crippen LogP contribution is -2.14. The van der Waals surface area contributed by atoms with E-state index in [1.165, 1.54) is 16.8 Å². The summed E-state index contributed by atoms with van der Waals surface area (Å²) in [5.41, 5.74) is 3.33. The van der Waals surface area contributed by atoms with Crippen molar-refractivity contribution >= 4 is 39.9 Å². The topological polar surface area (TPSA) is 99.3 Å². The van der Waals surface area contributed by atoms with Gasteiger partial charge in [0.05, 0.1) is 20.2 Å². The largest absolute Gasteiger partial charge is 0.457 e. The molecule has 29 heavy (non-hydrogen) atoms. The van der Waals surface area contributed by atoms with Gasteiger partial charge in [0.2, 0.25) is 0 Å². The molecular formula is C20H19IN4O4. The van der Waals surface area contributed by atoms with E-state index in [-0.39, 0.29) is 22.8 Å². The molecule has 9 heteroatoms. The number of nitrogens with one attached hydrogen (secondary N) is 1. The highest BCUT2D eigenvalue weighted by Crippen LogP contribution is 2.33. The van der Waals surface area contributed by atoms with Crippen molar-refractivity contribution in [1.29, 1.82) is 0 Å². The van der Waals surface area contributed by atoms with Crippen LogP contribution in [0.25, 0.3) is 0 Å². The highest BCUT2D eigenvalue weighted by molar-refractivity contribution is 14.1. The van der Waals surface area contributed by atoms with Crippen LogP contribution in [0.3, 0.4) is 0 Å². The molecule has 0 radical (unpaired) electrons. The Morgan fingerprint density at radius 1 is 1.21 bits per heavy atom. The average molecular weight is 506 g/mol. The third kappa shape index (κ3) is 4.73. The molecule has 1 heterocycles. The number of non-ortho nitro benzene ring substituents is 1. The normalized spacial score (nSPS) is 10.7.